The zero-order chi connectivity index (χ0) is 21.2. The van der Waals surface area contributed by atoms with Gasteiger partial charge in [-0.05, 0) is 44.0 Å². The van der Waals surface area contributed by atoms with Gasteiger partial charge >= 0.3 is 0 Å². The summed E-state index contributed by atoms with van der Waals surface area (Å²) in [4.78, 5) is 26.2. The molecule has 0 aliphatic carbocycles. The predicted octanol–water partition coefficient (Wildman–Crippen LogP) is 3.04. The normalized spacial score (nSPS) is 16.0. The summed E-state index contributed by atoms with van der Waals surface area (Å²) in [5.74, 6) is -0.429. The molecule has 1 atom stereocenters. The van der Waals surface area contributed by atoms with Gasteiger partial charge in [-0.15, -0.1) is 6.58 Å². The molecular weight excluding hydrogens is 388 g/mol. The molecule has 152 valence electrons. The van der Waals surface area contributed by atoms with E-state index in [2.05, 4.69) is 6.58 Å². The van der Waals surface area contributed by atoms with E-state index in [9.17, 15) is 18.0 Å². The van der Waals surface area contributed by atoms with E-state index >= 15 is 0 Å². The van der Waals surface area contributed by atoms with Gasteiger partial charge in [0.15, 0.2) is 5.78 Å². The third-order valence-electron chi connectivity index (χ3n) is 5.02. The van der Waals surface area contributed by atoms with Crippen molar-refractivity contribution in [3.8, 4) is 0 Å². The summed E-state index contributed by atoms with van der Waals surface area (Å²) in [6.45, 7) is 6.71. The lowest BCUT2D eigenvalue weighted by atomic mass is 10.1. The molecule has 0 unspecified atom stereocenters. The van der Waals surface area contributed by atoms with Crippen molar-refractivity contribution in [3.63, 3.8) is 0 Å². The number of nitrogens with zero attached hydrogens (tertiary/aromatic N) is 2. The average molecular weight is 413 g/mol. The summed E-state index contributed by atoms with van der Waals surface area (Å²) in [6.07, 6.45) is 2.19. The Morgan fingerprint density at radius 3 is 2.45 bits per heavy atom. The Bertz CT molecular complexity index is 1040. The van der Waals surface area contributed by atoms with Crippen molar-refractivity contribution in [1.82, 2.24) is 4.31 Å². The lowest BCUT2D eigenvalue weighted by molar-refractivity contribution is -0.119. The zero-order valence-electron chi connectivity index (χ0n) is 16.5. The number of para-hydroxylation sites is 1. The molecule has 1 aliphatic rings. The van der Waals surface area contributed by atoms with Crippen LogP contribution in [0.4, 0.5) is 5.69 Å². The van der Waals surface area contributed by atoms with E-state index in [1.807, 2.05) is 31.2 Å². The quantitative estimate of drug-likeness (QED) is 0.517. The highest BCUT2D eigenvalue weighted by Gasteiger charge is 2.34. The van der Waals surface area contributed by atoms with E-state index in [-0.39, 0.29) is 35.7 Å². The van der Waals surface area contributed by atoms with Crippen molar-refractivity contribution < 1.29 is 18.0 Å². The Kier molecular flexibility index (Phi) is 6.00. The van der Waals surface area contributed by atoms with Gasteiger partial charge in [-0.2, -0.15) is 4.31 Å². The van der Waals surface area contributed by atoms with E-state index in [0.29, 0.717) is 5.56 Å². The topological polar surface area (TPSA) is 74.8 Å². The first-order valence-electron chi connectivity index (χ1n) is 9.37. The summed E-state index contributed by atoms with van der Waals surface area (Å²) < 4.78 is 27.3. The molecule has 6 nitrogen and oxygen atoms in total. The number of sulfonamides is 1. The lowest BCUT2D eigenvalue weighted by Gasteiger charge is -2.27. The second-order valence-corrected chi connectivity index (χ2v) is 9.05. The van der Waals surface area contributed by atoms with Crippen molar-refractivity contribution in [2.45, 2.75) is 31.2 Å². The molecule has 0 radical (unpaired) electrons. The number of hydrogen-bond donors (Lipinski definition) is 0. The SMILES string of the molecule is C=CCN(CC(=O)N1c2ccccc2C[C@H]1C)S(=O)(=O)c1ccc(C(C)=O)cc1. The number of hydrogen-bond acceptors (Lipinski definition) is 4. The molecule has 29 heavy (non-hydrogen) atoms. The molecule has 2 aromatic carbocycles. The number of Topliss-reactive ketones (excluding diaryl/α,β-unsaturated/α-hetero) is 1. The Labute approximate surface area is 171 Å². The number of amides is 1. The molecule has 0 bridgehead atoms. The smallest absolute Gasteiger partial charge is 0.243 e. The Morgan fingerprint density at radius 1 is 1.17 bits per heavy atom. The first kappa shape index (κ1) is 21.0. The van der Waals surface area contributed by atoms with E-state index in [0.717, 1.165) is 22.0 Å². The van der Waals surface area contributed by atoms with Crippen LogP contribution in [0.1, 0.15) is 29.8 Å². The molecule has 2 aromatic rings. The Balaban J connectivity index is 1.87. The first-order valence-corrected chi connectivity index (χ1v) is 10.8. The molecule has 0 saturated heterocycles. The van der Waals surface area contributed by atoms with Crippen molar-refractivity contribution in [2.75, 3.05) is 18.0 Å². The van der Waals surface area contributed by atoms with Crippen LogP contribution in [-0.4, -0.2) is 43.5 Å². The number of fused-ring (bicyclic) bond motifs is 1. The first-order chi connectivity index (χ1) is 13.8. The zero-order valence-corrected chi connectivity index (χ0v) is 17.4. The minimum atomic E-state index is -3.92. The van der Waals surface area contributed by atoms with Gasteiger partial charge in [0.05, 0.1) is 11.4 Å². The molecule has 7 heteroatoms. The molecule has 0 aromatic heterocycles. The van der Waals surface area contributed by atoms with Crippen LogP contribution >= 0.6 is 0 Å². The van der Waals surface area contributed by atoms with Gasteiger partial charge in [0, 0.05) is 23.8 Å². The van der Waals surface area contributed by atoms with Gasteiger partial charge in [-0.1, -0.05) is 36.4 Å². The number of anilines is 1. The third kappa shape index (κ3) is 4.16. The van der Waals surface area contributed by atoms with Crippen molar-refractivity contribution >= 4 is 27.4 Å². The van der Waals surface area contributed by atoms with Gasteiger partial charge in [0.2, 0.25) is 15.9 Å². The molecule has 0 fully saturated rings. The van der Waals surface area contributed by atoms with Crippen LogP contribution in [0.3, 0.4) is 0 Å². The van der Waals surface area contributed by atoms with E-state index in [1.165, 1.54) is 37.3 Å². The highest BCUT2D eigenvalue weighted by molar-refractivity contribution is 7.89. The summed E-state index contributed by atoms with van der Waals surface area (Å²) in [7, 11) is -3.92. The van der Waals surface area contributed by atoms with Gasteiger partial charge in [0.1, 0.15) is 0 Å². The maximum absolute atomic E-state index is 13.1. The minimum absolute atomic E-state index is 0.00635. The van der Waals surface area contributed by atoms with E-state index in [4.69, 9.17) is 0 Å². The van der Waals surface area contributed by atoms with Crippen LogP contribution in [0.2, 0.25) is 0 Å². The summed E-state index contributed by atoms with van der Waals surface area (Å²) in [5, 5.41) is 0. The van der Waals surface area contributed by atoms with Crippen LogP contribution < -0.4 is 4.90 Å². The second kappa shape index (κ2) is 8.31. The lowest BCUT2D eigenvalue weighted by Crippen LogP contribution is -2.45. The minimum Gasteiger partial charge on any atom is -0.308 e. The van der Waals surface area contributed by atoms with Crippen LogP contribution in [0.25, 0.3) is 0 Å². The second-order valence-electron chi connectivity index (χ2n) is 7.11. The fourth-order valence-electron chi connectivity index (χ4n) is 3.57. The molecule has 3 rings (SSSR count). The highest BCUT2D eigenvalue weighted by Crippen LogP contribution is 2.32. The number of benzene rings is 2. The van der Waals surface area contributed by atoms with Gasteiger partial charge in [-0.25, -0.2) is 8.42 Å². The van der Waals surface area contributed by atoms with Crippen molar-refractivity contribution in [1.29, 1.82) is 0 Å². The predicted molar refractivity (Wildman–Crippen MR) is 112 cm³/mol. The fourth-order valence-corrected chi connectivity index (χ4v) is 4.94. The molecule has 0 saturated carbocycles. The number of carbonyl (C=O) groups excluding carboxylic acids is 2. The highest BCUT2D eigenvalue weighted by atomic mass is 32.2. The summed E-state index contributed by atoms with van der Waals surface area (Å²) >= 11 is 0. The molecular formula is C22H24N2O4S. The molecule has 1 aliphatic heterocycles. The summed E-state index contributed by atoms with van der Waals surface area (Å²) in [6, 6.07) is 13.3. The van der Waals surface area contributed by atoms with E-state index < -0.39 is 10.0 Å². The maximum Gasteiger partial charge on any atom is 0.243 e. The van der Waals surface area contributed by atoms with Gasteiger partial charge in [-0.3, -0.25) is 9.59 Å². The fraction of sp³-hybridized carbons (Fsp3) is 0.273. The average Bonchev–Trinajstić information content (AvgIpc) is 3.03. The largest absolute Gasteiger partial charge is 0.308 e. The van der Waals surface area contributed by atoms with Crippen LogP contribution in [0.15, 0.2) is 66.1 Å². The number of ketones is 1. The maximum atomic E-state index is 13.1. The Hall–Kier alpha value is -2.77. The van der Waals surface area contributed by atoms with Crippen molar-refractivity contribution in [2.24, 2.45) is 0 Å². The van der Waals surface area contributed by atoms with Crippen molar-refractivity contribution in [3.05, 3.63) is 72.3 Å². The monoisotopic (exact) mass is 412 g/mol. The van der Waals surface area contributed by atoms with Crippen LogP contribution in [0.5, 0.6) is 0 Å². The summed E-state index contributed by atoms with van der Waals surface area (Å²) in [5.41, 5.74) is 2.33. The van der Waals surface area contributed by atoms with Gasteiger partial charge < -0.3 is 4.90 Å². The Morgan fingerprint density at radius 2 is 1.83 bits per heavy atom. The molecule has 0 spiro atoms. The van der Waals surface area contributed by atoms with Crippen LogP contribution in [0, 0.1) is 0 Å². The number of rotatable bonds is 7. The molecule has 1 heterocycles. The molecule has 1 amide bonds. The van der Waals surface area contributed by atoms with Crippen LogP contribution in [-0.2, 0) is 21.2 Å². The standard InChI is InChI=1S/C22H24N2O4S/c1-4-13-23(29(27,28)20-11-9-18(10-12-20)17(3)25)15-22(26)24-16(2)14-19-7-5-6-8-21(19)24/h4-12,16H,1,13-15H2,2-3H3/t16-/m1/s1. The third-order valence-corrected chi connectivity index (χ3v) is 6.84. The number of carbonyl (C=O) groups is 2. The van der Waals surface area contributed by atoms with E-state index in [1.54, 1.807) is 4.90 Å². The van der Waals surface area contributed by atoms with Gasteiger partial charge in [0.25, 0.3) is 0 Å². The molecule has 0 N–H and O–H groups in total.